The molecule has 5 heteroatoms. The van der Waals surface area contributed by atoms with Gasteiger partial charge in [0, 0.05) is 54.9 Å². The van der Waals surface area contributed by atoms with Crippen LogP contribution < -0.4 is 0 Å². The number of benzene rings is 2. The van der Waals surface area contributed by atoms with Crippen molar-refractivity contribution in [1.29, 1.82) is 0 Å². The lowest BCUT2D eigenvalue weighted by Crippen LogP contribution is -2.50. The van der Waals surface area contributed by atoms with Crippen LogP contribution in [0.25, 0.3) is 10.8 Å². The molecule has 5 rings (SSSR count). The molecule has 2 aliphatic rings. The fourth-order valence-electron chi connectivity index (χ4n) is 5.80. The number of hydrogen-bond acceptors (Lipinski definition) is 3. The van der Waals surface area contributed by atoms with E-state index < -0.39 is 0 Å². The van der Waals surface area contributed by atoms with E-state index in [9.17, 15) is 9.59 Å². The summed E-state index contributed by atoms with van der Waals surface area (Å²) in [6, 6.07) is 18.0. The van der Waals surface area contributed by atoms with Gasteiger partial charge in [-0.1, -0.05) is 43.3 Å². The molecule has 0 radical (unpaired) electrons. The third kappa shape index (κ3) is 5.09. The molecule has 3 heterocycles. The molecule has 35 heavy (non-hydrogen) atoms. The summed E-state index contributed by atoms with van der Waals surface area (Å²) in [6.45, 7) is 5.05. The standard InChI is InChI=1S/C30H35N3O2/c1-30(14-19-32(20-15-30)28(34)25-8-3-2-4-9-25)29(35)33-17-6-7-23(13-18-33)21-26-11-5-10-24-12-16-31-22-27(24)26/h2-5,8-12,16,22-23H,6-7,13-15,17-21H2,1H3. The van der Waals surface area contributed by atoms with E-state index in [0.29, 0.717) is 19.0 Å². The molecule has 1 atom stereocenters. The van der Waals surface area contributed by atoms with E-state index in [-0.39, 0.29) is 17.2 Å². The highest BCUT2D eigenvalue weighted by Gasteiger charge is 2.41. The number of aromatic nitrogens is 1. The molecule has 5 nitrogen and oxygen atoms in total. The number of nitrogens with zero attached hydrogens (tertiary/aromatic N) is 3. The predicted octanol–water partition coefficient (Wildman–Crippen LogP) is 5.35. The Morgan fingerprint density at radius 2 is 1.71 bits per heavy atom. The van der Waals surface area contributed by atoms with Gasteiger partial charge < -0.3 is 9.80 Å². The average Bonchev–Trinajstić information content (AvgIpc) is 3.14. The number of rotatable bonds is 4. The number of fused-ring (bicyclic) bond motifs is 1. The van der Waals surface area contributed by atoms with Gasteiger partial charge in [0.25, 0.3) is 5.91 Å². The summed E-state index contributed by atoms with van der Waals surface area (Å²) in [5, 5.41) is 2.49. The summed E-state index contributed by atoms with van der Waals surface area (Å²) in [7, 11) is 0. The Labute approximate surface area is 208 Å². The van der Waals surface area contributed by atoms with E-state index in [2.05, 4.69) is 41.1 Å². The van der Waals surface area contributed by atoms with Crippen LogP contribution in [0.5, 0.6) is 0 Å². The van der Waals surface area contributed by atoms with Crippen LogP contribution in [0.4, 0.5) is 0 Å². The Morgan fingerprint density at radius 1 is 0.914 bits per heavy atom. The van der Waals surface area contributed by atoms with E-state index in [0.717, 1.165) is 57.2 Å². The fraction of sp³-hybridized carbons (Fsp3) is 0.433. The van der Waals surface area contributed by atoms with Crippen LogP contribution >= 0.6 is 0 Å². The summed E-state index contributed by atoms with van der Waals surface area (Å²) in [4.78, 5) is 34.8. The first kappa shape index (κ1) is 23.5. The van der Waals surface area contributed by atoms with E-state index >= 15 is 0 Å². The normalized spacial score (nSPS) is 20.4. The molecule has 2 fully saturated rings. The van der Waals surface area contributed by atoms with Gasteiger partial charge in [-0.2, -0.15) is 0 Å². The summed E-state index contributed by atoms with van der Waals surface area (Å²) < 4.78 is 0. The number of carbonyl (C=O) groups excluding carboxylic acids is 2. The lowest BCUT2D eigenvalue weighted by atomic mass is 9.78. The lowest BCUT2D eigenvalue weighted by molar-refractivity contribution is -0.143. The smallest absolute Gasteiger partial charge is 0.253 e. The van der Waals surface area contributed by atoms with Gasteiger partial charge >= 0.3 is 0 Å². The van der Waals surface area contributed by atoms with E-state index in [1.807, 2.05) is 47.6 Å². The monoisotopic (exact) mass is 469 g/mol. The fourth-order valence-corrected chi connectivity index (χ4v) is 5.80. The Kier molecular flexibility index (Phi) is 6.85. The van der Waals surface area contributed by atoms with Gasteiger partial charge in [-0.25, -0.2) is 0 Å². The van der Waals surface area contributed by atoms with Crippen molar-refractivity contribution in [3.05, 3.63) is 78.1 Å². The third-order valence-electron chi connectivity index (χ3n) is 8.11. The SMILES string of the molecule is CC1(C(=O)N2CCCC(Cc3cccc4ccncc34)CC2)CCN(C(=O)c2ccccc2)CC1. The number of amides is 2. The largest absolute Gasteiger partial charge is 0.342 e. The summed E-state index contributed by atoms with van der Waals surface area (Å²) in [5.74, 6) is 0.928. The van der Waals surface area contributed by atoms with Crippen molar-refractivity contribution in [1.82, 2.24) is 14.8 Å². The maximum Gasteiger partial charge on any atom is 0.253 e. The van der Waals surface area contributed by atoms with E-state index in [1.165, 1.54) is 16.3 Å². The molecule has 182 valence electrons. The van der Waals surface area contributed by atoms with Crippen LogP contribution in [-0.2, 0) is 11.2 Å². The first-order valence-corrected chi connectivity index (χ1v) is 13.0. The minimum Gasteiger partial charge on any atom is -0.342 e. The molecule has 0 aliphatic carbocycles. The molecule has 2 amide bonds. The molecule has 2 aromatic carbocycles. The predicted molar refractivity (Wildman–Crippen MR) is 139 cm³/mol. The van der Waals surface area contributed by atoms with Gasteiger partial charge in [-0.15, -0.1) is 0 Å². The number of pyridine rings is 1. The topological polar surface area (TPSA) is 53.5 Å². The quantitative estimate of drug-likeness (QED) is 0.518. The zero-order chi connectivity index (χ0) is 24.3. The summed E-state index contributed by atoms with van der Waals surface area (Å²) in [6.07, 6.45) is 9.57. The molecule has 0 saturated carbocycles. The van der Waals surface area contributed by atoms with Crippen molar-refractivity contribution in [2.24, 2.45) is 11.3 Å². The maximum atomic E-state index is 13.6. The highest BCUT2D eigenvalue weighted by atomic mass is 16.2. The van der Waals surface area contributed by atoms with Crippen molar-refractivity contribution >= 4 is 22.6 Å². The van der Waals surface area contributed by atoms with Gasteiger partial charge in [-0.3, -0.25) is 14.6 Å². The second-order valence-corrected chi connectivity index (χ2v) is 10.5. The number of likely N-dealkylation sites (tertiary alicyclic amines) is 2. The summed E-state index contributed by atoms with van der Waals surface area (Å²) in [5.41, 5.74) is 1.71. The van der Waals surface area contributed by atoms with Gasteiger partial charge in [0.15, 0.2) is 0 Å². The molecule has 1 aromatic heterocycles. The molecule has 0 spiro atoms. The molecular formula is C30H35N3O2. The number of piperidine rings is 1. The Balaban J connectivity index is 1.18. The van der Waals surface area contributed by atoms with E-state index in [1.54, 1.807) is 0 Å². The van der Waals surface area contributed by atoms with Crippen molar-refractivity contribution in [3.8, 4) is 0 Å². The van der Waals surface area contributed by atoms with Crippen LogP contribution in [0.1, 0.15) is 54.9 Å². The van der Waals surface area contributed by atoms with Gasteiger partial charge in [-0.05, 0) is 73.6 Å². The van der Waals surface area contributed by atoms with Crippen LogP contribution in [0.2, 0.25) is 0 Å². The zero-order valence-electron chi connectivity index (χ0n) is 20.7. The van der Waals surface area contributed by atoms with Crippen molar-refractivity contribution < 1.29 is 9.59 Å². The molecule has 1 unspecified atom stereocenters. The van der Waals surface area contributed by atoms with Crippen molar-refractivity contribution in [2.75, 3.05) is 26.2 Å². The van der Waals surface area contributed by atoms with Crippen LogP contribution in [0.3, 0.4) is 0 Å². The minimum absolute atomic E-state index is 0.0707. The lowest BCUT2D eigenvalue weighted by Gasteiger charge is -2.41. The van der Waals surface area contributed by atoms with E-state index in [4.69, 9.17) is 0 Å². The second-order valence-electron chi connectivity index (χ2n) is 10.5. The molecular weight excluding hydrogens is 434 g/mol. The molecule has 2 saturated heterocycles. The first-order chi connectivity index (χ1) is 17.0. The third-order valence-corrected chi connectivity index (χ3v) is 8.11. The molecule has 2 aliphatic heterocycles. The van der Waals surface area contributed by atoms with Crippen LogP contribution in [0.15, 0.2) is 67.0 Å². The second kappa shape index (κ2) is 10.2. The Bertz CT molecular complexity index is 1180. The Morgan fingerprint density at radius 3 is 2.51 bits per heavy atom. The van der Waals surface area contributed by atoms with Gasteiger partial charge in [0.05, 0.1) is 0 Å². The highest BCUT2D eigenvalue weighted by molar-refractivity contribution is 5.94. The highest BCUT2D eigenvalue weighted by Crippen LogP contribution is 2.35. The minimum atomic E-state index is -0.380. The summed E-state index contributed by atoms with van der Waals surface area (Å²) >= 11 is 0. The maximum absolute atomic E-state index is 13.6. The van der Waals surface area contributed by atoms with Crippen molar-refractivity contribution in [2.45, 2.75) is 45.4 Å². The number of hydrogen-bond donors (Lipinski definition) is 0. The van der Waals surface area contributed by atoms with Crippen LogP contribution in [-0.4, -0.2) is 52.8 Å². The molecule has 0 N–H and O–H groups in total. The van der Waals surface area contributed by atoms with Gasteiger partial charge in [0.2, 0.25) is 5.91 Å². The molecule has 0 bridgehead atoms. The van der Waals surface area contributed by atoms with Gasteiger partial charge in [0.1, 0.15) is 0 Å². The number of carbonyl (C=O) groups is 2. The zero-order valence-corrected chi connectivity index (χ0v) is 20.7. The Hall–Kier alpha value is -3.21. The van der Waals surface area contributed by atoms with Crippen LogP contribution in [0, 0.1) is 11.3 Å². The van der Waals surface area contributed by atoms with Crippen molar-refractivity contribution in [3.63, 3.8) is 0 Å². The first-order valence-electron chi connectivity index (χ1n) is 13.0. The molecule has 3 aromatic rings. The average molecular weight is 470 g/mol.